The van der Waals surface area contributed by atoms with E-state index in [1.165, 1.54) is 6.07 Å². The quantitative estimate of drug-likeness (QED) is 0.845. The number of carbonyl (C=O) groups excluding carboxylic acids is 1. The lowest BCUT2D eigenvalue weighted by molar-refractivity contribution is -0.126. The minimum atomic E-state index is -0.265. The van der Waals surface area contributed by atoms with Crippen LogP contribution in [0, 0.1) is 5.82 Å². The number of hydrogen-bond donors (Lipinski definition) is 1. The smallest absolute Gasteiger partial charge is 0.222 e. The third-order valence-corrected chi connectivity index (χ3v) is 5.94. The van der Waals surface area contributed by atoms with Crippen LogP contribution in [0.4, 0.5) is 4.39 Å². The first-order valence-corrected chi connectivity index (χ1v) is 9.87. The summed E-state index contributed by atoms with van der Waals surface area (Å²) in [5.41, 5.74) is 0.482. The second-order valence-electron chi connectivity index (χ2n) is 8.03. The van der Waals surface area contributed by atoms with E-state index in [1.807, 2.05) is 12.1 Å². The predicted molar refractivity (Wildman–Crippen MR) is 101 cm³/mol. The summed E-state index contributed by atoms with van der Waals surface area (Å²) in [6.45, 7) is 7.24. The molecule has 3 rings (SSSR count). The molecule has 1 aliphatic heterocycles. The second-order valence-corrected chi connectivity index (χ2v) is 8.03. The maximum Gasteiger partial charge on any atom is 0.222 e. The Hall–Kier alpha value is -1.46. The van der Waals surface area contributed by atoms with Gasteiger partial charge in [0.1, 0.15) is 5.82 Å². The molecule has 1 N–H and O–H groups in total. The summed E-state index contributed by atoms with van der Waals surface area (Å²) >= 11 is 0. The van der Waals surface area contributed by atoms with E-state index in [1.54, 1.807) is 6.07 Å². The van der Waals surface area contributed by atoms with E-state index >= 15 is 0 Å². The number of halogens is 1. The summed E-state index contributed by atoms with van der Waals surface area (Å²) in [6.07, 6.45) is 4.33. The minimum absolute atomic E-state index is 0.00298. The van der Waals surface area contributed by atoms with E-state index < -0.39 is 0 Å². The second kappa shape index (κ2) is 8.49. The fourth-order valence-corrected chi connectivity index (χ4v) is 4.37. The molecule has 0 aromatic heterocycles. The first-order chi connectivity index (χ1) is 12.5. The SMILES string of the molecule is CC(C)N1CCOC(CC(=O)NCC2(c3ccccc3F)CCCC2)C1. The number of hydrogen-bond acceptors (Lipinski definition) is 3. The third kappa shape index (κ3) is 4.44. The molecule has 26 heavy (non-hydrogen) atoms. The number of ether oxygens (including phenoxy) is 1. The molecule has 1 atom stereocenters. The highest BCUT2D eigenvalue weighted by molar-refractivity contribution is 5.76. The first-order valence-electron chi connectivity index (χ1n) is 9.87. The summed E-state index contributed by atoms with van der Waals surface area (Å²) in [4.78, 5) is 14.8. The van der Waals surface area contributed by atoms with Crippen molar-refractivity contribution < 1.29 is 13.9 Å². The van der Waals surface area contributed by atoms with Gasteiger partial charge < -0.3 is 10.1 Å². The Kier molecular flexibility index (Phi) is 6.30. The zero-order valence-corrected chi connectivity index (χ0v) is 16.0. The number of carbonyl (C=O) groups is 1. The summed E-state index contributed by atoms with van der Waals surface area (Å²) in [5.74, 6) is -0.157. The van der Waals surface area contributed by atoms with E-state index in [0.717, 1.165) is 44.3 Å². The molecule has 1 unspecified atom stereocenters. The number of rotatable bonds is 6. The van der Waals surface area contributed by atoms with Crippen LogP contribution in [0.5, 0.6) is 0 Å². The number of nitrogens with zero attached hydrogens (tertiary/aromatic N) is 1. The Morgan fingerprint density at radius 2 is 2.08 bits per heavy atom. The number of morpholine rings is 1. The molecule has 1 aliphatic carbocycles. The van der Waals surface area contributed by atoms with Gasteiger partial charge in [-0.2, -0.15) is 0 Å². The van der Waals surface area contributed by atoms with Crippen molar-refractivity contribution in [3.8, 4) is 0 Å². The van der Waals surface area contributed by atoms with Crippen LogP contribution in [-0.2, 0) is 14.9 Å². The zero-order chi connectivity index (χ0) is 18.6. The standard InChI is InChI=1S/C21H31FN2O2/c1-16(2)24-11-12-26-17(14-24)13-20(25)23-15-21(9-5-6-10-21)18-7-3-4-8-19(18)22/h3-4,7-8,16-17H,5-6,9-15H2,1-2H3,(H,23,25). The van der Waals surface area contributed by atoms with Gasteiger partial charge in [0.2, 0.25) is 5.91 Å². The highest BCUT2D eigenvalue weighted by Crippen LogP contribution is 2.41. The van der Waals surface area contributed by atoms with Crippen molar-refractivity contribution in [1.82, 2.24) is 10.2 Å². The minimum Gasteiger partial charge on any atom is -0.375 e. The van der Waals surface area contributed by atoms with E-state index in [-0.39, 0.29) is 23.2 Å². The van der Waals surface area contributed by atoms with Gasteiger partial charge in [0.05, 0.1) is 19.1 Å². The van der Waals surface area contributed by atoms with Crippen LogP contribution in [0.15, 0.2) is 24.3 Å². The summed E-state index contributed by atoms with van der Waals surface area (Å²) < 4.78 is 20.1. The van der Waals surface area contributed by atoms with Gasteiger partial charge in [-0.1, -0.05) is 31.0 Å². The maximum absolute atomic E-state index is 14.4. The van der Waals surface area contributed by atoms with Crippen LogP contribution in [0.3, 0.4) is 0 Å². The van der Waals surface area contributed by atoms with Gasteiger partial charge in [-0.15, -0.1) is 0 Å². The molecule has 5 heteroatoms. The normalized spacial score (nSPS) is 23.3. The highest BCUT2D eigenvalue weighted by atomic mass is 19.1. The van der Waals surface area contributed by atoms with Crippen LogP contribution in [0.2, 0.25) is 0 Å². The molecule has 2 fully saturated rings. The predicted octanol–water partition coefficient (Wildman–Crippen LogP) is 3.25. The molecule has 0 spiro atoms. The summed E-state index contributed by atoms with van der Waals surface area (Å²) in [6, 6.07) is 7.47. The fourth-order valence-electron chi connectivity index (χ4n) is 4.37. The largest absolute Gasteiger partial charge is 0.375 e. The van der Waals surface area contributed by atoms with Crippen molar-refractivity contribution in [3.05, 3.63) is 35.6 Å². The third-order valence-electron chi connectivity index (χ3n) is 5.94. The van der Waals surface area contributed by atoms with Gasteiger partial charge >= 0.3 is 0 Å². The lowest BCUT2D eigenvalue weighted by atomic mass is 9.78. The number of amides is 1. The Labute approximate surface area is 156 Å². The zero-order valence-electron chi connectivity index (χ0n) is 16.0. The molecule has 0 bridgehead atoms. The van der Waals surface area contributed by atoms with E-state index in [0.29, 0.717) is 25.6 Å². The Bertz CT molecular complexity index is 614. The number of benzene rings is 1. The molecule has 1 amide bonds. The maximum atomic E-state index is 14.4. The fraction of sp³-hybridized carbons (Fsp3) is 0.667. The van der Waals surface area contributed by atoms with Gasteiger partial charge in [-0.05, 0) is 38.3 Å². The first kappa shape index (κ1) is 19.3. The van der Waals surface area contributed by atoms with Gasteiger partial charge in [-0.3, -0.25) is 9.69 Å². The van der Waals surface area contributed by atoms with Gasteiger partial charge in [0, 0.05) is 31.1 Å². The Morgan fingerprint density at radius 1 is 1.35 bits per heavy atom. The molecule has 1 aromatic rings. The summed E-state index contributed by atoms with van der Waals surface area (Å²) in [7, 11) is 0. The van der Waals surface area contributed by atoms with E-state index in [4.69, 9.17) is 4.74 Å². The van der Waals surface area contributed by atoms with Crippen molar-refractivity contribution in [2.75, 3.05) is 26.2 Å². The molecule has 1 saturated heterocycles. The molecule has 4 nitrogen and oxygen atoms in total. The van der Waals surface area contributed by atoms with E-state index in [9.17, 15) is 9.18 Å². The lowest BCUT2D eigenvalue weighted by Crippen LogP contribution is -2.48. The monoisotopic (exact) mass is 362 g/mol. The van der Waals surface area contributed by atoms with Crippen molar-refractivity contribution >= 4 is 5.91 Å². The van der Waals surface area contributed by atoms with Gasteiger partial charge in [0.25, 0.3) is 0 Å². The average Bonchev–Trinajstić information content (AvgIpc) is 3.10. The molecule has 1 heterocycles. The number of nitrogens with one attached hydrogen (secondary N) is 1. The van der Waals surface area contributed by atoms with Crippen molar-refractivity contribution in [1.29, 1.82) is 0 Å². The van der Waals surface area contributed by atoms with Crippen LogP contribution in [0.25, 0.3) is 0 Å². The van der Waals surface area contributed by atoms with Gasteiger partial charge in [-0.25, -0.2) is 4.39 Å². The Morgan fingerprint density at radius 3 is 2.77 bits per heavy atom. The van der Waals surface area contributed by atoms with Crippen LogP contribution >= 0.6 is 0 Å². The highest BCUT2D eigenvalue weighted by Gasteiger charge is 2.38. The topological polar surface area (TPSA) is 41.6 Å². The van der Waals surface area contributed by atoms with Crippen LogP contribution < -0.4 is 5.32 Å². The summed E-state index contributed by atoms with van der Waals surface area (Å²) in [5, 5.41) is 3.08. The molecule has 1 aromatic carbocycles. The molecule has 144 valence electrons. The lowest BCUT2D eigenvalue weighted by Gasteiger charge is -2.35. The van der Waals surface area contributed by atoms with Crippen molar-refractivity contribution in [2.24, 2.45) is 0 Å². The molecular weight excluding hydrogens is 331 g/mol. The van der Waals surface area contributed by atoms with Crippen LogP contribution in [-0.4, -0.2) is 49.2 Å². The Balaban J connectivity index is 1.58. The van der Waals surface area contributed by atoms with Gasteiger partial charge in [0.15, 0.2) is 0 Å². The van der Waals surface area contributed by atoms with Crippen molar-refractivity contribution in [2.45, 2.75) is 63.5 Å². The molecule has 2 aliphatic rings. The van der Waals surface area contributed by atoms with Crippen LogP contribution in [0.1, 0.15) is 51.5 Å². The van der Waals surface area contributed by atoms with E-state index in [2.05, 4.69) is 24.1 Å². The molecule has 1 saturated carbocycles. The van der Waals surface area contributed by atoms with Crippen molar-refractivity contribution in [3.63, 3.8) is 0 Å². The molecule has 0 radical (unpaired) electrons. The average molecular weight is 362 g/mol. The molecular formula is C21H31FN2O2.